The van der Waals surface area contributed by atoms with Crippen molar-refractivity contribution in [1.29, 1.82) is 0 Å². The number of rotatable bonds is 5. The third-order valence-corrected chi connectivity index (χ3v) is 4.39. The van der Waals surface area contributed by atoms with Gasteiger partial charge in [-0.15, -0.1) is 5.10 Å². The summed E-state index contributed by atoms with van der Waals surface area (Å²) in [5.74, 6) is -0.0669. The lowest BCUT2D eigenvalue weighted by atomic mass is 10.1. The number of anilines is 1. The first kappa shape index (κ1) is 17.5. The Kier molecular flexibility index (Phi) is 5.41. The molecule has 7 heteroatoms. The van der Waals surface area contributed by atoms with Gasteiger partial charge in [0.05, 0.1) is 10.8 Å². The minimum Gasteiger partial charge on any atom is -0.325 e. The van der Waals surface area contributed by atoms with Gasteiger partial charge in [-0.3, -0.25) is 4.79 Å². The fourth-order valence-electron chi connectivity index (χ4n) is 1.95. The molecule has 124 valence electrons. The fraction of sp³-hybridized carbons (Fsp3) is 0.500. The molecular formula is C16H23N5OS. The summed E-state index contributed by atoms with van der Waals surface area (Å²) < 4.78 is 1.73. The third kappa shape index (κ3) is 4.54. The first-order chi connectivity index (χ1) is 10.8. The summed E-state index contributed by atoms with van der Waals surface area (Å²) >= 11 is 1.35. The highest BCUT2D eigenvalue weighted by atomic mass is 32.2. The van der Waals surface area contributed by atoms with Crippen molar-refractivity contribution in [3.05, 3.63) is 29.8 Å². The Morgan fingerprint density at radius 3 is 2.52 bits per heavy atom. The van der Waals surface area contributed by atoms with Crippen molar-refractivity contribution in [3.8, 4) is 0 Å². The number of carbonyl (C=O) groups is 1. The van der Waals surface area contributed by atoms with E-state index in [1.54, 1.807) is 4.68 Å². The zero-order valence-corrected chi connectivity index (χ0v) is 15.0. The maximum atomic E-state index is 12.3. The van der Waals surface area contributed by atoms with Gasteiger partial charge in [0.2, 0.25) is 11.1 Å². The number of hydrogen-bond donors (Lipinski definition) is 1. The lowest BCUT2D eigenvalue weighted by molar-refractivity contribution is -0.115. The summed E-state index contributed by atoms with van der Waals surface area (Å²) in [6.07, 6.45) is 0.982. The molecule has 0 radical (unpaired) electrons. The summed E-state index contributed by atoms with van der Waals surface area (Å²) in [7, 11) is 0. The maximum Gasteiger partial charge on any atom is 0.237 e. The van der Waals surface area contributed by atoms with E-state index < -0.39 is 0 Å². The zero-order chi connectivity index (χ0) is 17.0. The van der Waals surface area contributed by atoms with E-state index >= 15 is 0 Å². The van der Waals surface area contributed by atoms with Crippen molar-refractivity contribution < 1.29 is 4.79 Å². The van der Waals surface area contributed by atoms with Gasteiger partial charge in [0.15, 0.2) is 0 Å². The number of carbonyl (C=O) groups excluding carboxylic acids is 1. The first-order valence-electron chi connectivity index (χ1n) is 7.66. The fourth-order valence-corrected chi connectivity index (χ4v) is 2.93. The monoisotopic (exact) mass is 333 g/mol. The molecule has 0 aliphatic heterocycles. The van der Waals surface area contributed by atoms with Crippen molar-refractivity contribution >= 4 is 23.4 Å². The molecule has 0 aliphatic rings. The smallest absolute Gasteiger partial charge is 0.237 e. The maximum absolute atomic E-state index is 12.3. The Bertz CT molecular complexity index is 660. The second-order valence-corrected chi connectivity index (χ2v) is 7.65. The molecule has 1 heterocycles. The van der Waals surface area contributed by atoms with Crippen molar-refractivity contribution in [2.45, 2.75) is 57.0 Å². The third-order valence-electron chi connectivity index (χ3n) is 3.36. The summed E-state index contributed by atoms with van der Waals surface area (Å²) in [5.41, 5.74) is 1.82. The standard InChI is InChI=1S/C16H23N5OS/c1-6-12-7-9-13(10-8-12)17-14(22)11(2)23-15-18-19-20-21(15)16(3,4)5/h7-11H,6H2,1-5H3,(H,17,22). The van der Waals surface area contributed by atoms with E-state index in [0.29, 0.717) is 5.16 Å². The lowest BCUT2D eigenvalue weighted by Gasteiger charge is -2.20. The van der Waals surface area contributed by atoms with Crippen LogP contribution in [-0.4, -0.2) is 31.4 Å². The van der Waals surface area contributed by atoms with Gasteiger partial charge in [-0.2, -0.15) is 0 Å². The number of nitrogens with zero attached hydrogens (tertiary/aromatic N) is 4. The van der Waals surface area contributed by atoms with E-state index in [1.165, 1.54) is 17.3 Å². The van der Waals surface area contributed by atoms with Gasteiger partial charge in [0, 0.05) is 5.69 Å². The van der Waals surface area contributed by atoms with Crippen LogP contribution in [0.15, 0.2) is 29.4 Å². The van der Waals surface area contributed by atoms with Gasteiger partial charge >= 0.3 is 0 Å². The minimum absolute atomic E-state index is 0.0669. The molecule has 6 nitrogen and oxygen atoms in total. The number of nitrogens with one attached hydrogen (secondary N) is 1. The van der Waals surface area contributed by atoms with Crippen LogP contribution in [0.5, 0.6) is 0 Å². The van der Waals surface area contributed by atoms with E-state index in [9.17, 15) is 4.79 Å². The summed E-state index contributed by atoms with van der Waals surface area (Å²) in [6, 6.07) is 7.89. The van der Waals surface area contributed by atoms with Gasteiger partial charge < -0.3 is 5.32 Å². The molecule has 0 spiro atoms. The Morgan fingerprint density at radius 1 is 1.30 bits per heavy atom. The number of aromatic nitrogens is 4. The molecule has 2 rings (SSSR count). The second-order valence-electron chi connectivity index (χ2n) is 6.34. The predicted octanol–water partition coefficient (Wildman–Crippen LogP) is 3.11. The molecule has 1 aromatic carbocycles. The number of amides is 1. The Labute approximate surface area is 141 Å². The Hall–Kier alpha value is -1.89. The lowest BCUT2D eigenvalue weighted by Crippen LogP contribution is -2.27. The molecule has 0 saturated heterocycles. The highest BCUT2D eigenvalue weighted by molar-refractivity contribution is 8.00. The SMILES string of the molecule is CCc1ccc(NC(=O)C(C)Sc2nnnn2C(C)(C)C)cc1. The average Bonchev–Trinajstić information content (AvgIpc) is 2.96. The molecule has 1 atom stereocenters. The molecule has 0 saturated carbocycles. The van der Waals surface area contributed by atoms with Gasteiger partial charge in [-0.1, -0.05) is 30.8 Å². The molecular weight excluding hydrogens is 310 g/mol. The van der Waals surface area contributed by atoms with Crippen LogP contribution < -0.4 is 5.32 Å². The van der Waals surface area contributed by atoms with E-state index in [-0.39, 0.29) is 16.7 Å². The van der Waals surface area contributed by atoms with Gasteiger partial charge in [-0.05, 0) is 62.2 Å². The molecule has 0 fully saturated rings. The summed E-state index contributed by atoms with van der Waals surface area (Å²) in [6.45, 7) is 10.0. The van der Waals surface area contributed by atoms with Crippen LogP contribution in [0.25, 0.3) is 0 Å². The first-order valence-corrected chi connectivity index (χ1v) is 8.54. The minimum atomic E-state index is -0.298. The van der Waals surface area contributed by atoms with E-state index in [4.69, 9.17) is 0 Å². The number of tetrazole rings is 1. The quantitative estimate of drug-likeness (QED) is 0.851. The van der Waals surface area contributed by atoms with Crippen LogP contribution in [0.4, 0.5) is 5.69 Å². The molecule has 0 aliphatic carbocycles. The van der Waals surface area contributed by atoms with Crippen molar-refractivity contribution in [2.24, 2.45) is 0 Å². The van der Waals surface area contributed by atoms with Crippen molar-refractivity contribution in [2.75, 3.05) is 5.32 Å². The Morgan fingerprint density at radius 2 is 1.96 bits per heavy atom. The average molecular weight is 333 g/mol. The normalized spacial score (nSPS) is 12.9. The van der Waals surface area contributed by atoms with E-state index in [1.807, 2.05) is 52.0 Å². The second kappa shape index (κ2) is 7.12. The van der Waals surface area contributed by atoms with E-state index in [0.717, 1.165) is 12.1 Å². The van der Waals surface area contributed by atoms with Gasteiger partial charge in [0.1, 0.15) is 0 Å². The van der Waals surface area contributed by atoms with Crippen LogP contribution in [-0.2, 0) is 16.8 Å². The number of benzene rings is 1. The highest BCUT2D eigenvalue weighted by Gasteiger charge is 2.24. The van der Waals surface area contributed by atoms with Crippen LogP contribution in [0.1, 0.15) is 40.2 Å². The topological polar surface area (TPSA) is 72.7 Å². The molecule has 1 amide bonds. The predicted molar refractivity (Wildman–Crippen MR) is 92.6 cm³/mol. The molecule has 23 heavy (non-hydrogen) atoms. The molecule has 1 aromatic heterocycles. The van der Waals surface area contributed by atoms with Crippen LogP contribution in [0.2, 0.25) is 0 Å². The number of hydrogen-bond acceptors (Lipinski definition) is 5. The number of aryl methyl sites for hydroxylation is 1. The van der Waals surface area contributed by atoms with E-state index in [2.05, 4.69) is 27.8 Å². The van der Waals surface area contributed by atoms with Crippen LogP contribution in [0.3, 0.4) is 0 Å². The van der Waals surface area contributed by atoms with Gasteiger partial charge in [-0.25, -0.2) is 4.68 Å². The van der Waals surface area contributed by atoms with Crippen LogP contribution in [0, 0.1) is 0 Å². The Balaban J connectivity index is 2.01. The van der Waals surface area contributed by atoms with Crippen LogP contribution >= 0.6 is 11.8 Å². The summed E-state index contributed by atoms with van der Waals surface area (Å²) in [5, 5.41) is 15.0. The molecule has 1 unspecified atom stereocenters. The highest BCUT2D eigenvalue weighted by Crippen LogP contribution is 2.25. The van der Waals surface area contributed by atoms with Crippen molar-refractivity contribution in [3.63, 3.8) is 0 Å². The number of thioether (sulfide) groups is 1. The molecule has 1 N–H and O–H groups in total. The molecule has 2 aromatic rings. The largest absolute Gasteiger partial charge is 0.325 e. The van der Waals surface area contributed by atoms with Gasteiger partial charge in [0.25, 0.3) is 0 Å². The molecule has 0 bridgehead atoms. The van der Waals surface area contributed by atoms with Crippen molar-refractivity contribution in [1.82, 2.24) is 20.2 Å². The summed E-state index contributed by atoms with van der Waals surface area (Å²) in [4.78, 5) is 12.3. The zero-order valence-electron chi connectivity index (χ0n) is 14.2.